The van der Waals surface area contributed by atoms with E-state index < -0.39 is 0 Å². The largest absolute Gasteiger partial charge is 0.467 e. The van der Waals surface area contributed by atoms with Crippen LogP contribution in [0, 0.1) is 0 Å². The van der Waals surface area contributed by atoms with E-state index in [1.54, 1.807) is 0 Å². The van der Waals surface area contributed by atoms with Gasteiger partial charge in [0.1, 0.15) is 0 Å². The van der Waals surface area contributed by atoms with Crippen molar-refractivity contribution in [1.29, 1.82) is 0 Å². The molecule has 14 heavy (non-hydrogen) atoms. The van der Waals surface area contributed by atoms with Crippen molar-refractivity contribution in [3.8, 4) is 6.01 Å². The van der Waals surface area contributed by atoms with Crippen molar-refractivity contribution in [3.63, 3.8) is 0 Å². The summed E-state index contributed by atoms with van der Waals surface area (Å²) in [7, 11) is 1.50. The fraction of sp³-hybridized carbons (Fsp3) is 0.625. The number of nitrogens with zero attached hydrogens (tertiary/aromatic N) is 3. The van der Waals surface area contributed by atoms with Crippen LogP contribution in [-0.2, 0) is 0 Å². The Morgan fingerprint density at radius 2 is 1.86 bits per heavy atom. The van der Waals surface area contributed by atoms with E-state index in [2.05, 4.69) is 35.7 Å². The van der Waals surface area contributed by atoms with Crippen LogP contribution in [0.25, 0.3) is 0 Å². The second-order valence-corrected chi connectivity index (χ2v) is 5.47. The molecule has 0 aliphatic carbocycles. The Hall–Kier alpha value is -1.04. The summed E-state index contributed by atoms with van der Waals surface area (Å²) in [6, 6.07) is 0.254. The molecule has 0 spiro atoms. The Balaban J connectivity index is 2.92. The van der Waals surface area contributed by atoms with Crippen molar-refractivity contribution in [2.24, 2.45) is 0 Å². The summed E-state index contributed by atoms with van der Waals surface area (Å²) in [5.41, 5.74) is 5.50. The Labute approximate surface area is 87.5 Å². The molecule has 5 nitrogen and oxygen atoms in total. The first-order chi connectivity index (χ1) is 6.40. The minimum absolute atomic E-state index is 0.0405. The highest BCUT2D eigenvalue weighted by Gasteiger charge is 2.15. The number of anilines is 1. The first-order valence-corrected chi connectivity index (χ1v) is 4.97. The van der Waals surface area contributed by atoms with Gasteiger partial charge < -0.3 is 10.5 Å². The van der Waals surface area contributed by atoms with Crippen molar-refractivity contribution in [1.82, 2.24) is 15.0 Å². The smallest absolute Gasteiger partial charge is 0.321 e. The molecule has 0 saturated carbocycles. The summed E-state index contributed by atoms with van der Waals surface area (Å²) < 4.78 is 4.94. The molecular weight excluding hydrogens is 200 g/mol. The lowest BCUT2D eigenvalue weighted by Gasteiger charge is -2.15. The summed E-state index contributed by atoms with van der Waals surface area (Å²) in [5, 5.41) is 0.585. The van der Waals surface area contributed by atoms with Crippen molar-refractivity contribution in [2.45, 2.75) is 30.7 Å². The lowest BCUT2D eigenvalue weighted by Crippen LogP contribution is -2.10. The van der Waals surface area contributed by atoms with E-state index in [1.165, 1.54) is 18.9 Å². The maximum atomic E-state index is 5.50. The maximum absolute atomic E-state index is 5.50. The van der Waals surface area contributed by atoms with Crippen molar-refractivity contribution >= 4 is 17.7 Å². The van der Waals surface area contributed by atoms with E-state index in [4.69, 9.17) is 10.5 Å². The SMILES string of the molecule is COc1nc(N)nc(SC(C)(C)C)n1. The molecule has 0 atom stereocenters. The Morgan fingerprint density at radius 1 is 1.21 bits per heavy atom. The molecule has 0 saturated heterocycles. The van der Waals surface area contributed by atoms with E-state index in [-0.39, 0.29) is 16.7 Å². The molecule has 1 aromatic rings. The number of hydrogen-bond donors (Lipinski definition) is 1. The quantitative estimate of drug-likeness (QED) is 0.749. The average molecular weight is 214 g/mol. The minimum atomic E-state index is 0.0405. The predicted octanol–water partition coefficient (Wildman–Crippen LogP) is 1.35. The second-order valence-electron chi connectivity index (χ2n) is 3.68. The van der Waals surface area contributed by atoms with Crippen LogP contribution in [0.15, 0.2) is 5.16 Å². The third kappa shape index (κ3) is 3.37. The Bertz CT molecular complexity index is 324. The van der Waals surface area contributed by atoms with Gasteiger partial charge in [0.05, 0.1) is 7.11 Å². The van der Waals surface area contributed by atoms with Crippen LogP contribution in [0.3, 0.4) is 0 Å². The van der Waals surface area contributed by atoms with Crippen LogP contribution >= 0.6 is 11.8 Å². The van der Waals surface area contributed by atoms with E-state index in [1.807, 2.05) is 0 Å². The topological polar surface area (TPSA) is 73.9 Å². The number of hydrogen-bond acceptors (Lipinski definition) is 6. The van der Waals surface area contributed by atoms with E-state index in [9.17, 15) is 0 Å². The van der Waals surface area contributed by atoms with Gasteiger partial charge in [0.2, 0.25) is 5.95 Å². The van der Waals surface area contributed by atoms with Crippen molar-refractivity contribution in [2.75, 3.05) is 12.8 Å². The van der Waals surface area contributed by atoms with Crippen LogP contribution in [0.2, 0.25) is 0 Å². The van der Waals surface area contributed by atoms with Crippen molar-refractivity contribution < 1.29 is 4.74 Å². The molecule has 0 aliphatic rings. The molecule has 6 heteroatoms. The molecule has 0 aliphatic heterocycles. The summed E-state index contributed by atoms with van der Waals surface area (Å²) in [6.07, 6.45) is 0. The molecule has 0 bridgehead atoms. The fourth-order valence-corrected chi connectivity index (χ4v) is 1.57. The zero-order chi connectivity index (χ0) is 10.8. The third-order valence-electron chi connectivity index (χ3n) is 1.19. The molecule has 0 unspecified atom stereocenters. The second kappa shape index (κ2) is 4.00. The number of nitrogen functional groups attached to an aromatic ring is 1. The van der Waals surface area contributed by atoms with Gasteiger partial charge in [-0.15, -0.1) is 0 Å². The fourth-order valence-electron chi connectivity index (χ4n) is 0.764. The molecule has 0 aromatic carbocycles. The zero-order valence-corrected chi connectivity index (χ0v) is 9.55. The lowest BCUT2D eigenvalue weighted by molar-refractivity contribution is 0.374. The third-order valence-corrected chi connectivity index (χ3v) is 2.17. The Morgan fingerprint density at radius 3 is 2.36 bits per heavy atom. The summed E-state index contributed by atoms with van der Waals surface area (Å²) in [5.74, 6) is 0.184. The van der Waals surface area contributed by atoms with Gasteiger partial charge in [-0.3, -0.25) is 0 Å². The summed E-state index contributed by atoms with van der Waals surface area (Å²) in [4.78, 5) is 11.9. The summed E-state index contributed by atoms with van der Waals surface area (Å²) in [6.45, 7) is 6.22. The van der Waals surface area contributed by atoms with Gasteiger partial charge in [0.25, 0.3) is 0 Å². The standard InChI is InChI=1S/C8H14N4OS/c1-8(2,3)14-7-11-5(9)10-6(12-7)13-4/h1-4H3,(H2,9,10,11,12). The number of aromatic nitrogens is 3. The average Bonchev–Trinajstić information content (AvgIpc) is 1.99. The monoisotopic (exact) mass is 214 g/mol. The van der Waals surface area contributed by atoms with Crippen LogP contribution in [0.4, 0.5) is 5.95 Å². The highest BCUT2D eigenvalue weighted by atomic mass is 32.2. The number of ether oxygens (including phenoxy) is 1. The van der Waals surface area contributed by atoms with Gasteiger partial charge in [-0.1, -0.05) is 32.5 Å². The van der Waals surface area contributed by atoms with Gasteiger partial charge in [0.15, 0.2) is 5.16 Å². The van der Waals surface area contributed by atoms with Gasteiger partial charge in [-0.2, -0.15) is 15.0 Å². The lowest BCUT2D eigenvalue weighted by atomic mass is 10.3. The predicted molar refractivity (Wildman–Crippen MR) is 56.4 cm³/mol. The normalized spacial score (nSPS) is 11.4. The van der Waals surface area contributed by atoms with E-state index in [0.29, 0.717) is 5.16 Å². The summed E-state index contributed by atoms with van der Waals surface area (Å²) >= 11 is 1.52. The van der Waals surface area contributed by atoms with Crippen LogP contribution in [-0.4, -0.2) is 26.8 Å². The van der Waals surface area contributed by atoms with Crippen molar-refractivity contribution in [3.05, 3.63) is 0 Å². The van der Waals surface area contributed by atoms with Crippen LogP contribution < -0.4 is 10.5 Å². The van der Waals surface area contributed by atoms with Gasteiger partial charge in [0, 0.05) is 4.75 Å². The molecule has 1 heterocycles. The number of nitrogens with two attached hydrogens (primary N) is 1. The number of rotatable bonds is 2. The maximum Gasteiger partial charge on any atom is 0.321 e. The molecule has 0 amide bonds. The molecule has 2 N–H and O–H groups in total. The van der Waals surface area contributed by atoms with Crippen LogP contribution in [0.5, 0.6) is 6.01 Å². The highest BCUT2D eigenvalue weighted by Crippen LogP contribution is 2.29. The Kier molecular flexibility index (Phi) is 3.15. The highest BCUT2D eigenvalue weighted by molar-refractivity contribution is 8.00. The molecular formula is C8H14N4OS. The first-order valence-electron chi connectivity index (χ1n) is 4.15. The molecule has 0 fully saturated rings. The molecule has 0 radical (unpaired) electrons. The van der Waals surface area contributed by atoms with Gasteiger partial charge >= 0.3 is 6.01 Å². The first kappa shape index (κ1) is 11.0. The molecule has 1 rings (SSSR count). The van der Waals surface area contributed by atoms with Gasteiger partial charge in [-0.05, 0) is 0 Å². The molecule has 1 aromatic heterocycles. The van der Waals surface area contributed by atoms with Gasteiger partial charge in [-0.25, -0.2) is 0 Å². The zero-order valence-electron chi connectivity index (χ0n) is 8.74. The number of methoxy groups -OCH3 is 1. The van der Waals surface area contributed by atoms with E-state index >= 15 is 0 Å². The number of thioether (sulfide) groups is 1. The minimum Gasteiger partial charge on any atom is -0.467 e. The van der Waals surface area contributed by atoms with Crippen LogP contribution in [0.1, 0.15) is 20.8 Å². The van der Waals surface area contributed by atoms with E-state index in [0.717, 1.165) is 0 Å². The molecule has 78 valence electrons.